The van der Waals surface area contributed by atoms with Gasteiger partial charge >= 0.3 is 0 Å². The Morgan fingerprint density at radius 2 is 1.87 bits per heavy atom. The Morgan fingerprint density at radius 3 is 2.59 bits per heavy atom. The van der Waals surface area contributed by atoms with Gasteiger partial charge in [-0.05, 0) is 53.6 Å². The number of pyridine rings is 2. The molecule has 5 rings (SSSR count). The summed E-state index contributed by atoms with van der Waals surface area (Å²) in [6.07, 6.45) is 4.55. The van der Waals surface area contributed by atoms with Crippen molar-refractivity contribution in [2.45, 2.75) is 18.9 Å². The summed E-state index contributed by atoms with van der Waals surface area (Å²) in [6.45, 7) is 0.389. The highest BCUT2D eigenvalue weighted by molar-refractivity contribution is 6.48. The van der Waals surface area contributed by atoms with Crippen molar-refractivity contribution in [1.82, 2.24) is 14.9 Å². The molecule has 198 valence electrons. The second kappa shape index (κ2) is 10.7. The first-order chi connectivity index (χ1) is 18.7. The molecule has 0 aliphatic carbocycles. The van der Waals surface area contributed by atoms with E-state index in [0.29, 0.717) is 41.2 Å². The van der Waals surface area contributed by atoms with E-state index in [-0.39, 0.29) is 35.7 Å². The fourth-order valence-electron chi connectivity index (χ4n) is 4.49. The smallest absolute Gasteiger partial charge is 0.274 e. The summed E-state index contributed by atoms with van der Waals surface area (Å²) in [6, 6.07) is 16.1. The third-order valence-electron chi connectivity index (χ3n) is 6.47. The van der Waals surface area contributed by atoms with Gasteiger partial charge in [0.2, 0.25) is 0 Å². The number of benzene rings is 2. The molecule has 1 aliphatic rings. The van der Waals surface area contributed by atoms with E-state index in [1.165, 1.54) is 18.3 Å². The quantitative estimate of drug-likeness (QED) is 0.220. The highest BCUT2D eigenvalue weighted by Crippen LogP contribution is 2.29. The van der Waals surface area contributed by atoms with Crippen molar-refractivity contribution < 1.29 is 18.0 Å². The van der Waals surface area contributed by atoms with Crippen LogP contribution < -0.4 is 11.1 Å². The SMILES string of the molecule is N=C(C(=O)Nc1ccc(-c2cccc(F)c2)nc1)c1cc(-c2cncc(CN3CCC(F)(F)C3)c2)ccc1N. The van der Waals surface area contributed by atoms with E-state index < -0.39 is 11.8 Å². The van der Waals surface area contributed by atoms with Crippen LogP contribution in [0.25, 0.3) is 22.4 Å². The summed E-state index contributed by atoms with van der Waals surface area (Å²) in [5, 5.41) is 11.1. The number of likely N-dealkylation sites (tertiary alicyclic amines) is 1. The first-order valence-corrected chi connectivity index (χ1v) is 12.2. The Morgan fingerprint density at radius 1 is 1.03 bits per heavy atom. The lowest BCUT2D eigenvalue weighted by atomic mass is 9.99. The number of hydrogen-bond acceptors (Lipinski definition) is 6. The number of halogens is 3. The predicted molar refractivity (Wildman–Crippen MR) is 144 cm³/mol. The number of nitrogens with two attached hydrogens (primary N) is 1. The van der Waals surface area contributed by atoms with Crippen LogP contribution in [0.4, 0.5) is 24.5 Å². The summed E-state index contributed by atoms with van der Waals surface area (Å²) in [5.74, 6) is -3.73. The number of carbonyl (C=O) groups excluding carboxylic acids is 1. The summed E-state index contributed by atoms with van der Waals surface area (Å²) in [4.78, 5) is 23.1. The first kappa shape index (κ1) is 26.1. The molecule has 4 aromatic rings. The van der Waals surface area contributed by atoms with E-state index in [2.05, 4.69) is 15.3 Å². The topological polar surface area (TPSA) is 108 Å². The fourth-order valence-corrected chi connectivity index (χ4v) is 4.49. The Kier molecular flexibility index (Phi) is 7.12. The molecule has 1 fully saturated rings. The second-order valence-corrected chi connectivity index (χ2v) is 9.47. The standard InChI is InChI=1S/C29H25F3N6O/c30-22-3-1-2-20(11-22)26-7-5-23(15-36-26)37-28(39)27(34)24-12-19(4-6-25(24)33)21-10-18(13-35-14-21)16-38-9-8-29(31,32)17-38/h1-7,10-15,34H,8-9,16-17,33H2,(H,37,39). The highest BCUT2D eigenvalue weighted by atomic mass is 19.3. The molecule has 1 aliphatic heterocycles. The van der Waals surface area contributed by atoms with Crippen LogP contribution in [-0.4, -0.2) is 45.5 Å². The molecule has 0 bridgehead atoms. The third kappa shape index (κ3) is 6.12. The number of nitrogen functional groups attached to an aromatic ring is 1. The van der Waals surface area contributed by atoms with Gasteiger partial charge in [0.1, 0.15) is 11.5 Å². The molecule has 10 heteroatoms. The normalized spacial score (nSPS) is 14.7. The Balaban J connectivity index is 1.30. The van der Waals surface area contributed by atoms with Gasteiger partial charge in [-0.15, -0.1) is 0 Å². The highest BCUT2D eigenvalue weighted by Gasteiger charge is 2.37. The number of aromatic nitrogens is 2. The van der Waals surface area contributed by atoms with Crippen LogP contribution in [-0.2, 0) is 11.3 Å². The molecule has 0 spiro atoms. The lowest BCUT2D eigenvalue weighted by Gasteiger charge is -2.16. The molecule has 0 unspecified atom stereocenters. The van der Waals surface area contributed by atoms with Crippen molar-refractivity contribution in [3.05, 3.63) is 96.2 Å². The van der Waals surface area contributed by atoms with E-state index in [0.717, 1.165) is 5.56 Å². The van der Waals surface area contributed by atoms with Gasteiger partial charge in [-0.2, -0.15) is 0 Å². The van der Waals surface area contributed by atoms with Gasteiger partial charge in [0.25, 0.3) is 11.8 Å². The van der Waals surface area contributed by atoms with Crippen LogP contribution in [0.2, 0.25) is 0 Å². The minimum absolute atomic E-state index is 0.154. The Hall–Kier alpha value is -4.57. The average Bonchev–Trinajstić information content (AvgIpc) is 3.26. The van der Waals surface area contributed by atoms with Crippen molar-refractivity contribution in [3.8, 4) is 22.4 Å². The van der Waals surface area contributed by atoms with E-state index in [1.54, 1.807) is 59.8 Å². The number of rotatable bonds is 7. The maximum Gasteiger partial charge on any atom is 0.274 e. The molecule has 2 aromatic carbocycles. The number of hydrogen-bond donors (Lipinski definition) is 3. The molecule has 39 heavy (non-hydrogen) atoms. The molecule has 1 saturated heterocycles. The first-order valence-electron chi connectivity index (χ1n) is 12.2. The molecular weight excluding hydrogens is 505 g/mol. The maximum atomic E-state index is 13.6. The van der Waals surface area contributed by atoms with Crippen LogP contribution in [0.3, 0.4) is 0 Å². The summed E-state index contributed by atoms with van der Waals surface area (Å²) in [7, 11) is 0. The molecule has 7 nitrogen and oxygen atoms in total. The zero-order valence-electron chi connectivity index (χ0n) is 20.8. The predicted octanol–water partition coefficient (Wildman–Crippen LogP) is 5.38. The van der Waals surface area contributed by atoms with Crippen molar-refractivity contribution in [2.24, 2.45) is 0 Å². The van der Waals surface area contributed by atoms with Crippen LogP contribution in [0.15, 0.2) is 79.3 Å². The molecule has 1 amide bonds. The zero-order valence-corrected chi connectivity index (χ0v) is 20.8. The number of nitrogens with zero attached hydrogens (tertiary/aromatic N) is 3. The van der Waals surface area contributed by atoms with Crippen LogP contribution in [0.5, 0.6) is 0 Å². The molecule has 0 radical (unpaired) electrons. The van der Waals surface area contributed by atoms with Crippen molar-refractivity contribution in [1.29, 1.82) is 5.41 Å². The largest absolute Gasteiger partial charge is 0.398 e. The number of anilines is 2. The summed E-state index contributed by atoms with van der Waals surface area (Å²) >= 11 is 0. The monoisotopic (exact) mass is 530 g/mol. The summed E-state index contributed by atoms with van der Waals surface area (Å²) < 4.78 is 40.6. The van der Waals surface area contributed by atoms with Gasteiger partial charge in [0.05, 0.1) is 24.1 Å². The molecule has 3 heterocycles. The van der Waals surface area contributed by atoms with E-state index in [4.69, 9.17) is 11.1 Å². The Labute approximate surface area is 223 Å². The van der Waals surface area contributed by atoms with Crippen LogP contribution in [0, 0.1) is 11.2 Å². The van der Waals surface area contributed by atoms with Crippen molar-refractivity contribution >= 4 is 23.0 Å². The van der Waals surface area contributed by atoms with E-state index in [9.17, 15) is 18.0 Å². The Bertz CT molecular complexity index is 1540. The van der Waals surface area contributed by atoms with Gasteiger partial charge in [0, 0.05) is 54.3 Å². The van der Waals surface area contributed by atoms with E-state index >= 15 is 0 Å². The van der Waals surface area contributed by atoms with Gasteiger partial charge in [0.15, 0.2) is 0 Å². The van der Waals surface area contributed by atoms with Gasteiger partial charge in [-0.1, -0.05) is 18.2 Å². The maximum absolute atomic E-state index is 13.6. The molecular formula is C29H25F3N6O. The zero-order chi connectivity index (χ0) is 27.6. The number of carbonyl (C=O) groups is 1. The molecule has 0 atom stereocenters. The van der Waals surface area contributed by atoms with Crippen molar-refractivity contribution in [3.63, 3.8) is 0 Å². The molecule has 4 N–H and O–H groups in total. The molecule has 0 saturated carbocycles. The number of alkyl halides is 2. The fraction of sp³-hybridized carbons (Fsp3) is 0.172. The average molecular weight is 531 g/mol. The van der Waals surface area contributed by atoms with Gasteiger partial charge in [-0.25, -0.2) is 13.2 Å². The number of amides is 1. The summed E-state index contributed by atoms with van der Waals surface area (Å²) in [5.41, 5.74) is 9.92. The van der Waals surface area contributed by atoms with Crippen LogP contribution >= 0.6 is 0 Å². The lowest BCUT2D eigenvalue weighted by Crippen LogP contribution is -2.24. The lowest BCUT2D eigenvalue weighted by molar-refractivity contribution is -0.110. The third-order valence-corrected chi connectivity index (χ3v) is 6.47. The minimum Gasteiger partial charge on any atom is -0.398 e. The second-order valence-electron chi connectivity index (χ2n) is 9.47. The minimum atomic E-state index is -2.67. The van der Waals surface area contributed by atoms with Crippen LogP contribution in [0.1, 0.15) is 17.5 Å². The van der Waals surface area contributed by atoms with Gasteiger partial charge in [-0.3, -0.25) is 25.1 Å². The van der Waals surface area contributed by atoms with Gasteiger partial charge < -0.3 is 11.1 Å². The molecule has 2 aromatic heterocycles. The van der Waals surface area contributed by atoms with E-state index in [1.807, 2.05) is 6.07 Å². The number of nitrogens with one attached hydrogen (secondary N) is 2. The van der Waals surface area contributed by atoms with Crippen molar-refractivity contribution in [2.75, 3.05) is 24.1 Å².